The fourth-order valence-corrected chi connectivity index (χ4v) is 5.80. The molecule has 10 nitrogen and oxygen atoms in total. The maximum atomic E-state index is 13.2. The fraction of sp³-hybridized carbons (Fsp3) is 0. The van der Waals surface area contributed by atoms with Gasteiger partial charge in [-0.1, -0.05) is 36.4 Å². The maximum absolute atomic E-state index is 13.2. The Kier molecular flexibility index (Phi) is 12.3. The van der Waals surface area contributed by atoms with Crippen LogP contribution in [0.25, 0.3) is 0 Å². The van der Waals surface area contributed by atoms with Crippen LogP contribution in [0.5, 0.6) is 46.0 Å². The third-order valence-corrected chi connectivity index (χ3v) is 8.93. The third kappa shape index (κ3) is 10.5. The number of benzene rings is 8. The summed E-state index contributed by atoms with van der Waals surface area (Å²) in [5.41, 5.74) is 27.6. The van der Waals surface area contributed by atoms with E-state index in [9.17, 15) is 9.59 Å². The van der Waals surface area contributed by atoms with E-state index in [1.165, 1.54) is 0 Å². The Morgan fingerprint density at radius 2 is 0.633 bits per heavy atom. The van der Waals surface area contributed by atoms with Crippen molar-refractivity contribution in [3.05, 3.63) is 216 Å². The second-order valence-electron chi connectivity index (χ2n) is 13.4. The Morgan fingerprint density at radius 3 is 1.03 bits per heavy atom. The van der Waals surface area contributed by atoms with E-state index in [1.54, 1.807) is 176 Å². The first-order valence-electron chi connectivity index (χ1n) is 18.8. The minimum atomic E-state index is -0.163. The first kappa shape index (κ1) is 39.7. The van der Waals surface area contributed by atoms with E-state index in [4.69, 9.17) is 41.9 Å². The predicted molar refractivity (Wildman–Crippen MR) is 236 cm³/mol. The number of anilines is 4. The van der Waals surface area contributed by atoms with Crippen LogP contribution in [0.1, 0.15) is 31.8 Å². The number of carbonyl (C=O) groups is 2. The van der Waals surface area contributed by atoms with Crippen LogP contribution < -0.4 is 41.9 Å². The summed E-state index contributed by atoms with van der Waals surface area (Å²) in [5, 5.41) is 0. The zero-order valence-electron chi connectivity index (χ0n) is 32.2. The van der Waals surface area contributed by atoms with E-state index >= 15 is 0 Å². The first-order valence-corrected chi connectivity index (χ1v) is 18.8. The highest BCUT2D eigenvalue weighted by atomic mass is 16.5. The van der Waals surface area contributed by atoms with Crippen LogP contribution in [-0.4, -0.2) is 11.6 Å². The molecule has 0 bridgehead atoms. The van der Waals surface area contributed by atoms with Crippen LogP contribution in [0.3, 0.4) is 0 Å². The zero-order valence-corrected chi connectivity index (χ0v) is 32.2. The number of rotatable bonds is 12. The lowest BCUT2D eigenvalue weighted by Gasteiger charge is -2.16. The molecule has 0 aliphatic heterocycles. The number of nitrogens with two attached hydrogens (primary N) is 4. The summed E-state index contributed by atoms with van der Waals surface area (Å²) >= 11 is 0. The molecule has 296 valence electrons. The Hall–Kier alpha value is -8.50. The molecule has 0 heterocycles. The fourth-order valence-electron chi connectivity index (χ4n) is 5.80. The summed E-state index contributed by atoms with van der Waals surface area (Å²) in [4.78, 5) is 25.9. The molecular formula is C50H40N4O6. The topological polar surface area (TPSA) is 175 Å². The number of nitrogen functional groups attached to an aromatic ring is 4. The molecule has 0 saturated carbocycles. The van der Waals surface area contributed by atoms with Gasteiger partial charge in [-0.2, -0.15) is 0 Å². The quantitative estimate of drug-likeness (QED) is 0.0688. The molecule has 0 fully saturated rings. The maximum Gasteiger partial charge on any atom is 0.196 e. The second-order valence-corrected chi connectivity index (χ2v) is 13.4. The number of carbonyl (C=O) groups excluding carboxylic acids is 2. The normalized spacial score (nSPS) is 10.4. The summed E-state index contributed by atoms with van der Waals surface area (Å²) in [6, 6.07) is 56.5. The van der Waals surface area contributed by atoms with Crippen molar-refractivity contribution < 1.29 is 28.5 Å². The largest absolute Gasteiger partial charge is 0.457 e. The number of hydrogen-bond donors (Lipinski definition) is 4. The molecule has 0 amide bonds. The average molecular weight is 793 g/mol. The monoisotopic (exact) mass is 792 g/mol. The molecule has 60 heavy (non-hydrogen) atoms. The summed E-state index contributed by atoms with van der Waals surface area (Å²) < 4.78 is 23.7. The van der Waals surface area contributed by atoms with Crippen molar-refractivity contribution in [1.29, 1.82) is 0 Å². The summed E-state index contributed by atoms with van der Waals surface area (Å²) in [6.07, 6.45) is 0. The van der Waals surface area contributed by atoms with Gasteiger partial charge in [0.05, 0.1) is 5.56 Å². The molecule has 8 N–H and O–H groups in total. The van der Waals surface area contributed by atoms with Gasteiger partial charge in [0.2, 0.25) is 0 Å². The standard InChI is InChI=1S/2C25H20N2O3/c26-19-5-13-23(14-6-19)29-21-9-1-17(2-10-21)25(28)18-3-11-22(12-4-18)30-24-15-7-20(27)8-16-24;26-18-9-13-20(14-10-18)29-23-8-4-7-22(24(28)17-5-2-1-3-6-17)25(23)30-21-15-11-19(27)12-16-21/h2*1-16H,26-27H2. The lowest BCUT2D eigenvalue weighted by molar-refractivity contribution is 0.102. The molecule has 0 atom stereocenters. The smallest absolute Gasteiger partial charge is 0.196 e. The van der Waals surface area contributed by atoms with Gasteiger partial charge in [0.1, 0.15) is 34.5 Å². The molecular weight excluding hydrogens is 753 g/mol. The van der Waals surface area contributed by atoms with Crippen molar-refractivity contribution in [2.24, 2.45) is 0 Å². The molecule has 0 aromatic heterocycles. The molecule has 0 aliphatic rings. The molecule has 0 aliphatic carbocycles. The Labute approximate surface area is 347 Å². The van der Waals surface area contributed by atoms with Gasteiger partial charge in [0.15, 0.2) is 23.1 Å². The lowest BCUT2D eigenvalue weighted by atomic mass is 10.0. The van der Waals surface area contributed by atoms with Gasteiger partial charge >= 0.3 is 0 Å². The number of ether oxygens (including phenoxy) is 4. The van der Waals surface area contributed by atoms with Crippen LogP contribution in [0.4, 0.5) is 22.7 Å². The van der Waals surface area contributed by atoms with E-state index in [2.05, 4.69) is 0 Å². The van der Waals surface area contributed by atoms with Gasteiger partial charge in [0, 0.05) is 39.4 Å². The molecule has 8 aromatic rings. The van der Waals surface area contributed by atoms with Crippen molar-refractivity contribution >= 4 is 34.3 Å². The number of hydrogen-bond acceptors (Lipinski definition) is 10. The van der Waals surface area contributed by atoms with Gasteiger partial charge in [0.25, 0.3) is 0 Å². The van der Waals surface area contributed by atoms with Crippen molar-refractivity contribution in [3.8, 4) is 46.0 Å². The molecule has 0 radical (unpaired) electrons. The van der Waals surface area contributed by atoms with Gasteiger partial charge in [-0.05, 0) is 158 Å². The lowest BCUT2D eigenvalue weighted by Crippen LogP contribution is -2.05. The molecule has 0 spiro atoms. The summed E-state index contributed by atoms with van der Waals surface area (Å²) in [7, 11) is 0. The first-order chi connectivity index (χ1) is 29.2. The highest BCUT2D eigenvalue weighted by Crippen LogP contribution is 2.39. The third-order valence-electron chi connectivity index (χ3n) is 8.93. The van der Waals surface area contributed by atoms with Gasteiger partial charge in [-0.15, -0.1) is 0 Å². The van der Waals surface area contributed by atoms with Gasteiger partial charge in [-0.3, -0.25) is 9.59 Å². The highest BCUT2D eigenvalue weighted by Gasteiger charge is 2.20. The Morgan fingerprint density at radius 1 is 0.300 bits per heavy atom. The van der Waals surface area contributed by atoms with Crippen LogP contribution in [-0.2, 0) is 0 Å². The zero-order chi connectivity index (χ0) is 41.8. The Bertz CT molecular complexity index is 2580. The van der Waals surface area contributed by atoms with E-state index < -0.39 is 0 Å². The Balaban J connectivity index is 0.000000181. The SMILES string of the molecule is Nc1ccc(Oc2ccc(C(=O)c3ccc(Oc4ccc(N)cc4)cc3)cc2)cc1.Nc1ccc(Oc2cccc(C(=O)c3ccccc3)c2Oc2ccc(N)cc2)cc1. The molecule has 8 rings (SSSR count). The number of para-hydroxylation sites is 1. The van der Waals surface area contributed by atoms with Crippen molar-refractivity contribution in [3.63, 3.8) is 0 Å². The second kappa shape index (κ2) is 18.6. The van der Waals surface area contributed by atoms with Crippen LogP contribution >= 0.6 is 0 Å². The average Bonchev–Trinajstić information content (AvgIpc) is 3.28. The van der Waals surface area contributed by atoms with Crippen LogP contribution in [0, 0.1) is 0 Å². The van der Waals surface area contributed by atoms with E-state index in [0.717, 1.165) is 0 Å². The summed E-state index contributed by atoms with van der Waals surface area (Å²) in [5.74, 6) is 4.27. The molecule has 10 heteroatoms. The van der Waals surface area contributed by atoms with E-state index in [0.29, 0.717) is 91.0 Å². The molecule has 0 saturated heterocycles. The van der Waals surface area contributed by atoms with E-state index in [-0.39, 0.29) is 11.6 Å². The number of ketones is 2. The van der Waals surface area contributed by atoms with Gasteiger partial charge in [-0.25, -0.2) is 0 Å². The summed E-state index contributed by atoms with van der Waals surface area (Å²) in [6.45, 7) is 0. The van der Waals surface area contributed by atoms with Gasteiger partial charge < -0.3 is 41.9 Å². The van der Waals surface area contributed by atoms with E-state index in [1.807, 2.05) is 18.2 Å². The minimum absolute atomic E-state index is 0.0759. The van der Waals surface area contributed by atoms with Crippen molar-refractivity contribution in [1.82, 2.24) is 0 Å². The van der Waals surface area contributed by atoms with Crippen LogP contribution in [0.15, 0.2) is 194 Å². The molecule has 0 unspecified atom stereocenters. The van der Waals surface area contributed by atoms with Crippen LogP contribution in [0.2, 0.25) is 0 Å². The van der Waals surface area contributed by atoms with Crippen molar-refractivity contribution in [2.75, 3.05) is 22.9 Å². The predicted octanol–water partition coefficient (Wildman–Crippen LogP) is 11.3. The molecule has 8 aromatic carbocycles. The minimum Gasteiger partial charge on any atom is -0.457 e. The highest BCUT2D eigenvalue weighted by molar-refractivity contribution is 6.11. The van der Waals surface area contributed by atoms with Crippen molar-refractivity contribution in [2.45, 2.75) is 0 Å².